The van der Waals surface area contributed by atoms with E-state index in [9.17, 15) is 14.4 Å². The van der Waals surface area contributed by atoms with Crippen molar-refractivity contribution in [2.45, 2.75) is 386 Å². The molecule has 462 valence electrons. The number of hydrogen-bond acceptors (Lipinski definition) is 6. The van der Waals surface area contributed by atoms with Crippen LogP contribution in [0.15, 0.2) is 48.6 Å². The van der Waals surface area contributed by atoms with Gasteiger partial charge in [0.15, 0.2) is 6.10 Å². The van der Waals surface area contributed by atoms with Crippen LogP contribution < -0.4 is 0 Å². The molecule has 6 nitrogen and oxygen atoms in total. The van der Waals surface area contributed by atoms with Crippen LogP contribution >= 0.6 is 0 Å². The number of unbranched alkanes of at least 4 members (excludes halogenated alkanes) is 46. The Morgan fingerprint density at radius 2 is 0.456 bits per heavy atom. The minimum Gasteiger partial charge on any atom is -0.462 e. The third-order valence-corrected chi connectivity index (χ3v) is 15.8. The molecule has 79 heavy (non-hydrogen) atoms. The Hall–Kier alpha value is -2.63. The highest BCUT2D eigenvalue weighted by Gasteiger charge is 2.19. The lowest BCUT2D eigenvalue weighted by atomic mass is 10.0. The predicted molar refractivity (Wildman–Crippen MR) is 344 cm³/mol. The van der Waals surface area contributed by atoms with Gasteiger partial charge in [0.2, 0.25) is 0 Å². The zero-order valence-corrected chi connectivity index (χ0v) is 53.2. The van der Waals surface area contributed by atoms with Gasteiger partial charge in [-0.1, -0.05) is 326 Å². The SMILES string of the molecule is CCCCCCC/C=C\C/C=C\C/C=C\CCCCCCCCCCCCCCC(=O)OC(COC(=O)CCCCCCC)COC(=O)CCCCCCCCCCCCCCCCCCC/C=C\CCCCCCCCCC. The van der Waals surface area contributed by atoms with Gasteiger partial charge in [0.25, 0.3) is 0 Å². The van der Waals surface area contributed by atoms with Crippen molar-refractivity contribution in [2.24, 2.45) is 0 Å². The Balaban J connectivity index is 3.95. The summed E-state index contributed by atoms with van der Waals surface area (Å²) in [6.07, 6.45) is 86.3. The first-order valence-electron chi connectivity index (χ1n) is 35.1. The fourth-order valence-electron chi connectivity index (χ4n) is 10.5. The van der Waals surface area contributed by atoms with Crippen LogP contribution in [0.25, 0.3) is 0 Å². The number of ether oxygens (including phenoxy) is 3. The van der Waals surface area contributed by atoms with Crippen molar-refractivity contribution in [3.05, 3.63) is 48.6 Å². The highest BCUT2D eigenvalue weighted by atomic mass is 16.6. The lowest BCUT2D eigenvalue weighted by Gasteiger charge is -2.18. The molecule has 0 aromatic heterocycles. The van der Waals surface area contributed by atoms with Crippen LogP contribution in [0.5, 0.6) is 0 Å². The summed E-state index contributed by atoms with van der Waals surface area (Å²) in [6, 6.07) is 0. The Kier molecular flexibility index (Phi) is 65.6. The van der Waals surface area contributed by atoms with Crippen LogP contribution in [0.2, 0.25) is 0 Å². The number of rotatable bonds is 65. The van der Waals surface area contributed by atoms with Gasteiger partial charge in [0, 0.05) is 19.3 Å². The van der Waals surface area contributed by atoms with Crippen molar-refractivity contribution in [2.75, 3.05) is 13.2 Å². The van der Waals surface area contributed by atoms with Crippen molar-refractivity contribution in [1.29, 1.82) is 0 Å². The minimum atomic E-state index is -0.770. The first kappa shape index (κ1) is 76.4. The molecule has 0 aromatic rings. The van der Waals surface area contributed by atoms with Crippen LogP contribution in [-0.2, 0) is 28.6 Å². The summed E-state index contributed by atoms with van der Waals surface area (Å²) < 4.78 is 16.8. The summed E-state index contributed by atoms with van der Waals surface area (Å²) in [5.74, 6) is -0.865. The number of carbonyl (C=O) groups excluding carboxylic acids is 3. The second kappa shape index (κ2) is 67.9. The van der Waals surface area contributed by atoms with Gasteiger partial charge in [-0.05, 0) is 83.5 Å². The molecule has 0 heterocycles. The smallest absolute Gasteiger partial charge is 0.306 e. The molecule has 1 unspecified atom stereocenters. The molecule has 0 saturated heterocycles. The molecule has 0 radical (unpaired) electrons. The number of esters is 3. The zero-order chi connectivity index (χ0) is 57.1. The van der Waals surface area contributed by atoms with Gasteiger partial charge < -0.3 is 14.2 Å². The molecule has 6 heteroatoms. The van der Waals surface area contributed by atoms with Crippen LogP contribution in [0.3, 0.4) is 0 Å². The van der Waals surface area contributed by atoms with E-state index in [0.29, 0.717) is 19.3 Å². The standard InChI is InChI=1S/C73H134O6/c1-4-7-10-13-15-17-19-21-23-25-27-29-31-33-35-36-38-39-41-43-45-47-49-51-53-55-57-60-63-66-72(75)78-69-70(68-77-71(74)65-62-59-12-9-6-3)79-73(76)67-64-61-58-56-54-52-50-48-46-44-42-40-37-34-32-30-28-26-24-22-20-18-16-14-11-8-5-2/h20,22,25-28,32,34,70H,4-19,21,23-24,29-31,33,35-69H2,1-3H3/b22-20-,27-25-,28-26-,34-32-. The second-order valence-electron chi connectivity index (χ2n) is 23.8. The summed E-state index contributed by atoms with van der Waals surface area (Å²) in [5, 5.41) is 0. The lowest BCUT2D eigenvalue weighted by molar-refractivity contribution is -0.167. The fourth-order valence-corrected chi connectivity index (χ4v) is 10.5. The van der Waals surface area contributed by atoms with Gasteiger partial charge in [-0.15, -0.1) is 0 Å². The molecule has 0 fully saturated rings. The molecule has 0 N–H and O–H groups in total. The first-order valence-corrected chi connectivity index (χ1v) is 35.1. The van der Waals surface area contributed by atoms with Crippen molar-refractivity contribution in [3.63, 3.8) is 0 Å². The number of carbonyl (C=O) groups is 3. The quantitative estimate of drug-likeness (QED) is 0.0261. The average molecular weight is 1110 g/mol. The van der Waals surface area contributed by atoms with E-state index >= 15 is 0 Å². The molecule has 0 aliphatic heterocycles. The highest BCUT2D eigenvalue weighted by molar-refractivity contribution is 5.71. The molecule has 0 rings (SSSR count). The summed E-state index contributed by atoms with van der Waals surface area (Å²) in [6.45, 7) is 6.60. The van der Waals surface area contributed by atoms with Crippen LogP contribution in [0, 0.1) is 0 Å². The second-order valence-corrected chi connectivity index (χ2v) is 23.8. The topological polar surface area (TPSA) is 78.9 Å². The molecule has 0 spiro atoms. The highest BCUT2D eigenvalue weighted by Crippen LogP contribution is 2.18. The summed E-state index contributed by atoms with van der Waals surface area (Å²) >= 11 is 0. The third kappa shape index (κ3) is 66.1. The van der Waals surface area contributed by atoms with E-state index in [4.69, 9.17) is 14.2 Å². The number of allylic oxidation sites excluding steroid dienone is 8. The van der Waals surface area contributed by atoms with Gasteiger partial charge in [-0.25, -0.2) is 0 Å². The molecule has 0 saturated carbocycles. The van der Waals surface area contributed by atoms with Gasteiger partial charge in [0.05, 0.1) is 0 Å². The lowest BCUT2D eigenvalue weighted by Crippen LogP contribution is -2.30. The van der Waals surface area contributed by atoms with E-state index in [0.717, 1.165) is 77.0 Å². The maximum absolute atomic E-state index is 12.9. The summed E-state index contributed by atoms with van der Waals surface area (Å²) in [5.41, 5.74) is 0. The fraction of sp³-hybridized carbons (Fsp3) is 0.849. The normalized spacial score (nSPS) is 12.3. The monoisotopic (exact) mass is 1110 g/mol. The molecular weight excluding hydrogens is 973 g/mol. The van der Waals surface area contributed by atoms with E-state index in [1.165, 1.54) is 263 Å². The number of hydrogen-bond donors (Lipinski definition) is 0. The Labute approximate surface area is 492 Å². The first-order chi connectivity index (χ1) is 39.0. The Morgan fingerprint density at radius 3 is 0.722 bits per heavy atom. The van der Waals surface area contributed by atoms with E-state index < -0.39 is 6.10 Å². The van der Waals surface area contributed by atoms with Crippen molar-refractivity contribution >= 4 is 17.9 Å². The van der Waals surface area contributed by atoms with Crippen LogP contribution in [0.4, 0.5) is 0 Å². The van der Waals surface area contributed by atoms with Gasteiger partial charge in [0.1, 0.15) is 13.2 Å². The Morgan fingerprint density at radius 1 is 0.253 bits per heavy atom. The van der Waals surface area contributed by atoms with Crippen molar-refractivity contribution < 1.29 is 28.6 Å². The summed E-state index contributed by atoms with van der Waals surface area (Å²) in [7, 11) is 0. The Bertz CT molecular complexity index is 1360. The molecule has 0 aliphatic carbocycles. The average Bonchev–Trinajstić information content (AvgIpc) is 3.45. The van der Waals surface area contributed by atoms with E-state index in [2.05, 4.69) is 69.4 Å². The zero-order valence-electron chi connectivity index (χ0n) is 53.2. The maximum Gasteiger partial charge on any atom is 0.306 e. The minimum absolute atomic E-state index is 0.0700. The van der Waals surface area contributed by atoms with Gasteiger partial charge in [-0.3, -0.25) is 14.4 Å². The van der Waals surface area contributed by atoms with E-state index in [1.807, 2.05) is 0 Å². The predicted octanol–water partition coefficient (Wildman–Crippen LogP) is 24.1. The van der Waals surface area contributed by atoms with E-state index in [-0.39, 0.29) is 31.1 Å². The van der Waals surface area contributed by atoms with E-state index in [1.54, 1.807) is 0 Å². The van der Waals surface area contributed by atoms with Gasteiger partial charge >= 0.3 is 17.9 Å². The summed E-state index contributed by atoms with van der Waals surface area (Å²) in [4.78, 5) is 38.0. The molecular formula is C73H134O6. The molecule has 0 aliphatic rings. The maximum atomic E-state index is 12.9. The van der Waals surface area contributed by atoms with Crippen LogP contribution in [-0.4, -0.2) is 37.2 Å². The van der Waals surface area contributed by atoms with Crippen molar-refractivity contribution in [1.82, 2.24) is 0 Å². The van der Waals surface area contributed by atoms with Crippen molar-refractivity contribution in [3.8, 4) is 0 Å². The molecule has 1 atom stereocenters. The third-order valence-electron chi connectivity index (χ3n) is 15.8. The molecule has 0 amide bonds. The largest absolute Gasteiger partial charge is 0.462 e. The van der Waals surface area contributed by atoms with Crippen LogP contribution in [0.1, 0.15) is 380 Å². The molecule has 0 bridgehead atoms. The van der Waals surface area contributed by atoms with Gasteiger partial charge in [-0.2, -0.15) is 0 Å². The molecule has 0 aromatic carbocycles.